The van der Waals surface area contributed by atoms with Gasteiger partial charge in [-0.2, -0.15) is 0 Å². The Hall–Kier alpha value is -3.44. The van der Waals surface area contributed by atoms with Gasteiger partial charge in [-0.1, -0.05) is 12.1 Å². The largest absolute Gasteiger partial charge is 0.497 e. The van der Waals surface area contributed by atoms with Crippen molar-refractivity contribution in [1.29, 1.82) is 0 Å². The zero-order valence-corrected chi connectivity index (χ0v) is 19.7. The number of nitrogens with one attached hydrogen (secondary N) is 2. The molecule has 0 unspecified atom stereocenters. The Kier molecular flexibility index (Phi) is 6.90. The fourth-order valence-electron chi connectivity index (χ4n) is 3.33. The van der Waals surface area contributed by atoms with Crippen LogP contribution in [0.3, 0.4) is 0 Å². The lowest BCUT2D eigenvalue weighted by molar-refractivity contribution is -0.115. The van der Waals surface area contributed by atoms with Crippen molar-refractivity contribution in [2.24, 2.45) is 0 Å². The lowest BCUT2D eigenvalue weighted by Gasteiger charge is -2.09. The SMILES string of the molecule is CCOC(=O)c1c(-c2ccc(OC)cc2)csc1NC(=O)Cc1csc(N2CCNC2=O)n1. The number of esters is 1. The second-order valence-corrected chi connectivity index (χ2v) is 8.75. The van der Waals surface area contributed by atoms with Gasteiger partial charge >= 0.3 is 12.0 Å². The molecule has 0 spiro atoms. The molecule has 3 amide bonds. The second-order valence-electron chi connectivity index (χ2n) is 7.03. The van der Waals surface area contributed by atoms with Gasteiger partial charge in [-0.15, -0.1) is 22.7 Å². The molecule has 3 aromatic rings. The number of thiazole rings is 1. The molecule has 1 aliphatic heterocycles. The molecule has 2 N–H and O–H groups in total. The average molecular weight is 487 g/mol. The summed E-state index contributed by atoms with van der Waals surface area (Å²) in [6.45, 7) is 3.07. The van der Waals surface area contributed by atoms with Crippen LogP contribution in [0.15, 0.2) is 35.0 Å². The topological polar surface area (TPSA) is 110 Å². The Morgan fingerprint density at radius 2 is 2.00 bits per heavy atom. The van der Waals surface area contributed by atoms with E-state index < -0.39 is 5.97 Å². The van der Waals surface area contributed by atoms with Crippen molar-refractivity contribution in [2.45, 2.75) is 13.3 Å². The van der Waals surface area contributed by atoms with Gasteiger partial charge in [0.05, 0.1) is 25.8 Å². The van der Waals surface area contributed by atoms with Crippen molar-refractivity contribution in [3.05, 3.63) is 46.3 Å². The van der Waals surface area contributed by atoms with Gasteiger partial charge < -0.3 is 20.1 Å². The predicted octanol–water partition coefficient (Wildman–Crippen LogP) is 3.77. The van der Waals surface area contributed by atoms with Crippen molar-refractivity contribution in [1.82, 2.24) is 10.3 Å². The van der Waals surface area contributed by atoms with Crippen LogP contribution in [0.2, 0.25) is 0 Å². The summed E-state index contributed by atoms with van der Waals surface area (Å²) >= 11 is 2.57. The maximum atomic E-state index is 12.7. The molecule has 9 nitrogen and oxygen atoms in total. The fraction of sp³-hybridized carbons (Fsp3) is 0.273. The Morgan fingerprint density at radius 1 is 1.21 bits per heavy atom. The summed E-state index contributed by atoms with van der Waals surface area (Å²) in [7, 11) is 1.59. The number of amides is 3. The van der Waals surface area contributed by atoms with E-state index in [1.807, 2.05) is 17.5 Å². The Balaban J connectivity index is 1.52. The third kappa shape index (κ3) is 4.99. The van der Waals surface area contributed by atoms with Crippen LogP contribution >= 0.6 is 22.7 Å². The number of rotatable bonds is 8. The molecule has 1 aromatic carbocycles. The van der Waals surface area contributed by atoms with Gasteiger partial charge in [-0.25, -0.2) is 14.6 Å². The number of benzene rings is 1. The first-order chi connectivity index (χ1) is 16.0. The number of nitrogens with zero attached hydrogens (tertiary/aromatic N) is 2. The molecule has 172 valence electrons. The minimum atomic E-state index is -0.504. The molecule has 33 heavy (non-hydrogen) atoms. The van der Waals surface area contributed by atoms with Gasteiger partial charge in [0.25, 0.3) is 0 Å². The van der Waals surface area contributed by atoms with Crippen LogP contribution in [0.5, 0.6) is 5.75 Å². The zero-order valence-electron chi connectivity index (χ0n) is 18.0. The molecule has 1 aliphatic rings. The minimum absolute atomic E-state index is 0.0179. The third-order valence-corrected chi connectivity index (χ3v) is 6.70. The van der Waals surface area contributed by atoms with E-state index in [9.17, 15) is 14.4 Å². The summed E-state index contributed by atoms with van der Waals surface area (Å²) in [6, 6.07) is 7.12. The van der Waals surface area contributed by atoms with E-state index in [0.29, 0.717) is 45.8 Å². The summed E-state index contributed by atoms with van der Waals surface area (Å²) < 4.78 is 10.4. The summed E-state index contributed by atoms with van der Waals surface area (Å²) in [5.74, 6) is -0.114. The maximum Gasteiger partial charge on any atom is 0.341 e. The van der Waals surface area contributed by atoms with Crippen molar-refractivity contribution in [3.8, 4) is 16.9 Å². The highest BCUT2D eigenvalue weighted by molar-refractivity contribution is 7.15. The molecule has 1 saturated heterocycles. The first-order valence-electron chi connectivity index (χ1n) is 10.2. The molecule has 1 fully saturated rings. The van der Waals surface area contributed by atoms with E-state index in [0.717, 1.165) is 5.56 Å². The van der Waals surface area contributed by atoms with Crippen molar-refractivity contribution >= 4 is 50.7 Å². The standard InChI is InChI=1S/C22H22N4O5S2/c1-3-31-20(28)18-16(13-4-6-15(30-2)7-5-13)12-32-19(18)25-17(27)10-14-11-33-22(24-14)26-9-8-23-21(26)29/h4-7,11-12H,3,8-10H2,1-2H3,(H,23,29)(H,25,27). The van der Waals surface area contributed by atoms with Crippen molar-refractivity contribution < 1.29 is 23.9 Å². The van der Waals surface area contributed by atoms with E-state index in [1.54, 1.807) is 36.4 Å². The summed E-state index contributed by atoms with van der Waals surface area (Å²) in [4.78, 5) is 43.2. The van der Waals surface area contributed by atoms with Gasteiger partial charge in [0, 0.05) is 29.4 Å². The number of hydrogen-bond donors (Lipinski definition) is 2. The van der Waals surface area contributed by atoms with Crippen LogP contribution in [0.1, 0.15) is 23.0 Å². The molecule has 3 heterocycles. The lowest BCUT2D eigenvalue weighted by atomic mass is 10.0. The zero-order chi connectivity index (χ0) is 23.4. The van der Waals surface area contributed by atoms with Gasteiger partial charge in [0.15, 0.2) is 5.13 Å². The number of aromatic nitrogens is 1. The van der Waals surface area contributed by atoms with E-state index in [2.05, 4.69) is 15.6 Å². The van der Waals surface area contributed by atoms with Crippen LogP contribution in [0, 0.1) is 0 Å². The highest BCUT2D eigenvalue weighted by Gasteiger charge is 2.25. The number of thiophene rings is 1. The summed E-state index contributed by atoms with van der Waals surface area (Å²) in [5.41, 5.74) is 2.35. The van der Waals surface area contributed by atoms with Crippen LogP contribution in [-0.2, 0) is 16.0 Å². The number of methoxy groups -OCH3 is 1. The summed E-state index contributed by atoms with van der Waals surface area (Å²) in [6.07, 6.45) is 0.0179. The van der Waals surface area contributed by atoms with E-state index in [1.165, 1.54) is 22.7 Å². The Bertz CT molecular complexity index is 1170. The monoisotopic (exact) mass is 486 g/mol. The van der Waals surface area contributed by atoms with Crippen LogP contribution in [0.4, 0.5) is 14.9 Å². The summed E-state index contributed by atoms with van der Waals surface area (Å²) in [5, 5.41) is 10.1. The highest BCUT2D eigenvalue weighted by Crippen LogP contribution is 2.37. The average Bonchev–Trinajstić information content (AvgIpc) is 3.54. The first kappa shape index (κ1) is 22.7. The number of hydrogen-bond acceptors (Lipinski definition) is 8. The maximum absolute atomic E-state index is 12.7. The van der Waals surface area contributed by atoms with Gasteiger partial charge in [-0.05, 0) is 24.6 Å². The van der Waals surface area contributed by atoms with Gasteiger partial charge in [-0.3, -0.25) is 9.69 Å². The Labute approximate surface area is 198 Å². The number of carbonyl (C=O) groups is 3. The number of ether oxygens (including phenoxy) is 2. The first-order valence-corrected chi connectivity index (χ1v) is 12.0. The molecule has 0 radical (unpaired) electrons. The molecule has 0 bridgehead atoms. The van der Waals surface area contributed by atoms with Crippen molar-refractivity contribution in [3.63, 3.8) is 0 Å². The number of anilines is 2. The van der Waals surface area contributed by atoms with Gasteiger partial charge in [0.1, 0.15) is 16.3 Å². The number of urea groups is 1. The fourth-order valence-corrected chi connectivity index (χ4v) is 5.15. The Morgan fingerprint density at radius 3 is 2.67 bits per heavy atom. The quantitative estimate of drug-likeness (QED) is 0.469. The molecule has 0 aliphatic carbocycles. The van der Waals surface area contributed by atoms with E-state index >= 15 is 0 Å². The molecule has 4 rings (SSSR count). The molecule has 11 heteroatoms. The van der Waals surface area contributed by atoms with Crippen molar-refractivity contribution in [2.75, 3.05) is 37.0 Å². The minimum Gasteiger partial charge on any atom is -0.497 e. The molecular formula is C22H22N4O5S2. The smallest absolute Gasteiger partial charge is 0.341 e. The van der Waals surface area contributed by atoms with E-state index in [-0.39, 0.29) is 25.0 Å². The molecular weight excluding hydrogens is 464 g/mol. The number of carbonyl (C=O) groups excluding carboxylic acids is 3. The second kappa shape index (κ2) is 10.0. The third-order valence-electron chi connectivity index (χ3n) is 4.89. The highest BCUT2D eigenvalue weighted by atomic mass is 32.1. The van der Waals surface area contributed by atoms with Crippen LogP contribution in [-0.4, -0.2) is 49.7 Å². The lowest BCUT2D eigenvalue weighted by Crippen LogP contribution is -2.27. The van der Waals surface area contributed by atoms with Gasteiger partial charge in [0.2, 0.25) is 5.91 Å². The normalized spacial score (nSPS) is 13.0. The molecule has 0 saturated carbocycles. The molecule has 0 atom stereocenters. The van der Waals surface area contributed by atoms with Crippen LogP contribution in [0.25, 0.3) is 11.1 Å². The predicted molar refractivity (Wildman–Crippen MR) is 127 cm³/mol. The van der Waals surface area contributed by atoms with Crippen LogP contribution < -0.4 is 20.3 Å². The van der Waals surface area contributed by atoms with E-state index in [4.69, 9.17) is 9.47 Å². The molecule has 2 aromatic heterocycles.